The van der Waals surface area contributed by atoms with Gasteiger partial charge in [0.05, 0.1) is 12.1 Å². The molecular weight excluding hydrogens is 818 g/mol. The molecule has 2 saturated heterocycles. The molecule has 3 aliphatic rings. The molecule has 0 bridgehead atoms. The van der Waals surface area contributed by atoms with Crippen LogP contribution in [0.15, 0.2) is 34.3 Å². The van der Waals surface area contributed by atoms with Crippen molar-refractivity contribution in [3.63, 3.8) is 0 Å². The first-order chi connectivity index (χ1) is 27.2. The summed E-state index contributed by atoms with van der Waals surface area (Å²) in [5.41, 5.74) is 5.39. The van der Waals surface area contributed by atoms with Crippen LogP contribution in [0.25, 0.3) is 0 Å². The fourth-order valence-electron chi connectivity index (χ4n) is 6.33. The zero-order valence-corrected chi connectivity index (χ0v) is 40.4. The van der Waals surface area contributed by atoms with Gasteiger partial charge in [0.25, 0.3) is 0 Å². The first-order valence-corrected chi connectivity index (χ1v) is 20.0. The monoisotopic (exact) mass is 888 g/mol. The van der Waals surface area contributed by atoms with E-state index in [4.69, 9.17) is 38.1 Å². The van der Waals surface area contributed by atoms with E-state index < -0.39 is 0 Å². The van der Waals surface area contributed by atoms with E-state index >= 15 is 0 Å². The van der Waals surface area contributed by atoms with E-state index in [-0.39, 0.29) is 67.9 Å². The van der Waals surface area contributed by atoms with E-state index in [9.17, 15) is 10.2 Å². The quantitative estimate of drug-likeness (QED) is 0.135. The Balaban J connectivity index is -0.000000658. The molecule has 2 atom stereocenters. The van der Waals surface area contributed by atoms with Gasteiger partial charge in [-0.2, -0.15) is 0 Å². The van der Waals surface area contributed by atoms with Crippen molar-refractivity contribution in [1.29, 1.82) is 0 Å². The van der Waals surface area contributed by atoms with Crippen LogP contribution in [0, 0.1) is 26.6 Å². The van der Waals surface area contributed by atoms with Crippen molar-refractivity contribution in [1.82, 2.24) is 0 Å². The molecule has 1 aliphatic carbocycles. The van der Waals surface area contributed by atoms with Gasteiger partial charge in [-0.1, -0.05) is 108 Å². The molecule has 60 heavy (non-hydrogen) atoms. The second-order valence-electron chi connectivity index (χ2n) is 18.5. The third kappa shape index (κ3) is 22.9. The summed E-state index contributed by atoms with van der Waals surface area (Å²) in [4.78, 5) is 10.1. The van der Waals surface area contributed by atoms with E-state index in [1.807, 2.05) is 12.4 Å². The maximum Gasteiger partial charge on any atom is 3.00 e. The number of aromatic hydroxyl groups is 2. The van der Waals surface area contributed by atoms with Crippen molar-refractivity contribution in [3.05, 3.63) is 84.2 Å². The van der Waals surface area contributed by atoms with Gasteiger partial charge in [-0.05, 0) is 83.4 Å². The van der Waals surface area contributed by atoms with Crippen LogP contribution >= 0.6 is 0 Å². The Kier molecular flexibility index (Phi) is 34.1. The normalized spacial score (nSPS) is 17.2. The molecule has 12 heteroatoms. The molecule has 0 amide bonds. The number of ether oxygens (including phenoxy) is 2. The predicted molar refractivity (Wildman–Crippen MR) is 234 cm³/mol. The van der Waals surface area contributed by atoms with Gasteiger partial charge in [0, 0.05) is 61.1 Å². The van der Waals surface area contributed by atoms with Crippen LogP contribution < -0.4 is 0 Å². The number of rotatable bonds is 4. The van der Waals surface area contributed by atoms with Crippen LogP contribution in [0.4, 0.5) is 0 Å². The van der Waals surface area contributed by atoms with E-state index in [0.717, 1.165) is 74.4 Å². The third-order valence-electron chi connectivity index (χ3n) is 9.79. The van der Waals surface area contributed by atoms with Gasteiger partial charge < -0.3 is 19.7 Å². The Bertz CT molecular complexity index is 1480. The second kappa shape index (κ2) is 32.0. The first-order valence-electron chi connectivity index (χ1n) is 20.0. The molecule has 326 valence electrons. The largest absolute Gasteiger partial charge is 3.00 e. The summed E-state index contributed by atoms with van der Waals surface area (Å²) in [6.07, 6.45) is 13.0. The topological polar surface area (TPSA) is 163 Å². The van der Waals surface area contributed by atoms with Crippen LogP contribution in [0.5, 0.6) is 11.5 Å². The fourth-order valence-corrected chi connectivity index (χ4v) is 6.33. The molecule has 2 aromatic carbocycles. The molecule has 2 aromatic rings. The third-order valence-corrected chi connectivity index (χ3v) is 9.79. The summed E-state index contributed by atoms with van der Waals surface area (Å²) in [6, 6.07) is 8.53. The number of benzene rings is 2. The van der Waals surface area contributed by atoms with Crippen LogP contribution in [-0.4, -0.2) is 78.5 Å². The van der Waals surface area contributed by atoms with Crippen molar-refractivity contribution < 1.29 is 55.1 Å². The number of aliphatic imine (C=N–C) groups is 2. The van der Waals surface area contributed by atoms with Crippen molar-refractivity contribution in [3.8, 4) is 11.5 Å². The molecule has 0 radical (unpaired) electrons. The van der Waals surface area contributed by atoms with E-state index in [0.29, 0.717) is 11.5 Å². The Labute approximate surface area is 383 Å². The predicted octanol–water partition coefficient (Wildman–Crippen LogP) is 10.2. The van der Waals surface area contributed by atoms with Gasteiger partial charge in [0.1, 0.15) is 11.5 Å². The molecule has 3 fully saturated rings. The summed E-state index contributed by atoms with van der Waals surface area (Å²) in [5.74, 6) is 0.637. The number of hydrogen-bond donors (Lipinski definition) is 2. The van der Waals surface area contributed by atoms with Crippen LogP contribution in [0.1, 0.15) is 168 Å². The Morgan fingerprint density at radius 3 is 0.967 bits per heavy atom. The van der Waals surface area contributed by atoms with E-state index in [2.05, 4.69) is 134 Å². The number of phenols is 2. The van der Waals surface area contributed by atoms with E-state index in [1.165, 1.54) is 36.8 Å². The Morgan fingerprint density at radius 2 is 0.767 bits per heavy atom. The molecule has 1 saturated carbocycles. The fraction of sp³-hybridized carbons (Fsp3) is 0.625. The average Bonchev–Trinajstić information content (AvgIpc) is 3.97. The maximum atomic E-state index is 11.2. The molecule has 2 aliphatic heterocycles. The van der Waals surface area contributed by atoms with Crippen molar-refractivity contribution in [2.24, 2.45) is 9.98 Å². The average molecular weight is 889 g/mol. The van der Waals surface area contributed by atoms with Crippen molar-refractivity contribution in [2.75, 3.05) is 26.4 Å². The van der Waals surface area contributed by atoms with Gasteiger partial charge in [-0.25, -0.2) is 0 Å². The van der Waals surface area contributed by atoms with Gasteiger partial charge in [0.15, 0.2) is 0 Å². The van der Waals surface area contributed by atoms with Crippen LogP contribution in [0.3, 0.4) is 0 Å². The zero-order valence-electron chi connectivity index (χ0n) is 38.3. The summed E-state index contributed by atoms with van der Waals surface area (Å²) in [5, 5.41) is 22.5. The molecular formula is C48H70AlCoN2O8+6. The molecule has 5 rings (SSSR count). The number of nitrogens with zero attached hydrogens (tertiary/aromatic N) is 2. The minimum absolute atomic E-state index is 0. The Morgan fingerprint density at radius 1 is 0.500 bits per heavy atom. The minimum Gasteiger partial charge on any atom is 3.00 e. The van der Waals surface area contributed by atoms with Crippen LogP contribution in [-0.2, 0) is 66.5 Å². The Hall–Kier alpha value is -2.70. The summed E-state index contributed by atoms with van der Waals surface area (Å²) >= 11 is 0. The molecule has 2 N–H and O–H groups in total. The molecule has 2 unspecified atom stereocenters. The SMILES string of the molecule is C1CCOC1.C1CCOC1.CC(C)(C)c1cc(C=NC2CCCCC2N=Cc2cc(C(C)(C)C)cc(C(C)(C)C)c2O)c(O)c(C(C)(C)C)c1.[Al+3].[C-]#[O+].[C-]#[O+].[C-]#[O+].[C-]#[O+].[Co+3]. The molecule has 10 nitrogen and oxygen atoms in total. The van der Waals surface area contributed by atoms with Crippen molar-refractivity contribution in [2.45, 2.75) is 168 Å². The second-order valence-corrected chi connectivity index (χ2v) is 18.5. The first kappa shape index (κ1) is 63.9. The summed E-state index contributed by atoms with van der Waals surface area (Å²) in [6.45, 7) is 48.0. The maximum absolute atomic E-state index is 11.2. The summed E-state index contributed by atoms with van der Waals surface area (Å²) < 4.78 is 39.9. The summed E-state index contributed by atoms with van der Waals surface area (Å²) in [7, 11) is 0. The van der Waals surface area contributed by atoms with Gasteiger partial charge >= 0.3 is 79.4 Å². The van der Waals surface area contributed by atoms with Crippen molar-refractivity contribution >= 4 is 29.8 Å². The van der Waals surface area contributed by atoms with Crippen LogP contribution in [0.2, 0.25) is 0 Å². The minimum atomic E-state index is -0.179. The molecule has 2 heterocycles. The molecule has 0 aromatic heterocycles. The number of phenolic OH excluding ortho intramolecular Hbond substituents is 2. The zero-order chi connectivity index (χ0) is 45.3. The van der Waals surface area contributed by atoms with Gasteiger partial charge in [0.2, 0.25) is 0 Å². The number of hydrogen-bond acceptors (Lipinski definition) is 6. The molecule has 0 spiro atoms. The van der Waals surface area contributed by atoms with Gasteiger partial charge in [-0.15, -0.1) is 0 Å². The van der Waals surface area contributed by atoms with Gasteiger partial charge in [-0.3, -0.25) is 9.98 Å². The standard InChI is InChI=1S/C36H54N2O2.2C4H8O.4CO.Al.Co/c1-33(2,3)25-17-23(31(39)27(19-25)35(7,8)9)21-37-29-15-13-14-16-30(29)38-22-24-18-26(34(4,5)6)20-28(32(24)40)36(10,11)12;2*1-2-4-5-3-1;4*1-2;;/h17-22,29-30,39-40H,13-16H2,1-12H3;2*1-4H2;;;;;;/q;;;;;;;2*+3. The van der Waals surface area contributed by atoms with E-state index in [1.54, 1.807) is 0 Å². The smallest absolute Gasteiger partial charge is 3.00 e.